The Labute approximate surface area is 130 Å². The van der Waals surface area contributed by atoms with Gasteiger partial charge in [-0.2, -0.15) is 0 Å². The van der Waals surface area contributed by atoms with E-state index in [4.69, 9.17) is 10.5 Å². The molecule has 2 aliphatic heterocycles. The molecule has 1 saturated carbocycles. The molecular formula is C18H34N2O. The molecule has 2 unspecified atom stereocenters. The molecular weight excluding hydrogens is 260 g/mol. The summed E-state index contributed by atoms with van der Waals surface area (Å²) < 4.78 is 5.75. The van der Waals surface area contributed by atoms with E-state index in [1.54, 1.807) is 0 Å². The van der Waals surface area contributed by atoms with Crippen LogP contribution in [0.15, 0.2) is 0 Å². The maximum absolute atomic E-state index is 6.75. The lowest BCUT2D eigenvalue weighted by Gasteiger charge is -2.47. The van der Waals surface area contributed by atoms with Gasteiger partial charge in [0.05, 0.1) is 6.10 Å². The molecule has 0 radical (unpaired) electrons. The van der Waals surface area contributed by atoms with E-state index < -0.39 is 0 Å². The first kappa shape index (κ1) is 15.8. The van der Waals surface area contributed by atoms with Crippen LogP contribution in [0.3, 0.4) is 0 Å². The number of nitrogens with zero attached hydrogens (tertiary/aromatic N) is 1. The highest BCUT2D eigenvalue weighted by molar-refractivity contribution is 5.03. The van der Waals surface area contributed by atoms with Gasteiger partial charge in [-0.15, -0.1) is 0 Å². The second-order valence-electron chi connectivity index (χ2n) is 7.53. The number of rotatable bonds is 6. The van der Waals surface area contributed by atoms with Gasteiger partial charge < -0.3 is 10.5 Å². The van der Waals surface area contributed by atoms with E-state index in [0.29, 0.717) is 17.7 Å². The van der Waals surface area contributed by atoms with Crippen molar-refractivity contribution in [1.82, 2.24) is 4.90 Å². The van der Waals surface area contributed by atoms with E-state index >= 15 is 0 Å². The fourth-order valence-corrected chi connectivity index (χ4v) is 4.95. The van der Waals surface area contributed by atoms with Crippen LogP contribution in [0.1, 0.15) is 77.0 Å². The first-order chi connectivity index (χ1) is 10.3. The molecule has 21 heavy (non-hydrogen) atoms. The summed E-state index contributed by atoms with van der Waals surface area (Å²) in [6, 6.07) is 0.375. The van der Waals surface area contributed by atoms with Crippen molar-refractivity contribution in [2.45, 2.75) is 94.7 Å². The van der Waals surface area contributed by atoms with Crippen molar-refractivity contribution in [2.24, 2.45) is 5.73 Å². The van der Waals surface area contributed by atoms with Crippen LogP contribution in [0.2, 0.25) is 0 Å². The van der Waals surface area contributed by atoms with Gasteiger partial charge in [0.25, 0.3) is 0 Å². The number of nitrogens with two attached hydrogens (primary N) is 1. The molecule has 3 aliphatic rings. The topological polar surface area (TPSA) is 38.5 Å². The molecule has 0 aromatic carbocycles. The molecule has 0 bridgehead atoms. The van der Waals surface area contributed by atoms with Crippen molar-refractivity contribution in [3.63, 3.8) is 0 Å². The third kappa shape index (κ3) is 3.62. The molecule has 2 heterocycles. The number of ether oxygens (including phenoxy) is 1. The van der Waals surface area contributed by atoms with E-state index in [0.717, 1.165) is 6.61 Å². The molecule has 3 rings (SSSR count). The Morgan fingerprint density at radius 3 is 2.48 bits per heavy atom. The fraction of sp³-hybridized carbons (Fsp3) is 1.00. The highest BCUT2D eigenvalue weighted by atomic mass is 16.5. The lowest BCUT2D eigenvalue weighted by molar-refractivity contribution is 0.0428. The predicted octanol–water partition coefficient (Wildman–Crippen LogP) is 3.46. The Bertz CT molecular complexity index is 302. The maximum Gasteiger partial charge on any atom is 0.0576 e. The van der Waals surface area contributed by atoms with Crippen molar-refractivity contribution in [2.75, 3.05) is 19.7 Å². The first-order valence-electron chi connectivity index (χ1n) is 9.43. The minimum absolute atomic E-state index is 0.344. The summed E-state index contributed by atoms with van der Waals surface area (Å²) in [5, 5.41) is 0. The summed E-state index contributed by atoms with van der Waals surface area (Å²) in [4.78, 5) is 2.78. The second-order valence-corrected chi connectivity index (χ2v) is 7.53. The van der Waals surface area contributed by atoms with Crippen LogP contribution in [0, 0.1) is 0 Å². The van der Waals surface area contributed by atoms with Crippen molar-refractivity contribution in [1.29, 1.82) is 0 Å². The van der Waals surface area contributed by atoms with E-state index in [2.05, 4.69) is 4.90 Å². The lowest BCUT2D eigenvalue weighted by Crippen LogP contribution is -2.59. The molecule has 2 N–H and O–H groups in total. The van der Waals surface area contributed by atoms with Crippen LogP contribution in [0.4, 0.5) is 0 Å². The van der Waals surface area contributed by atoms with Gasteiger partial charge in [0.1, 0.15) is 0 Å². The summed E-state index contributed by atoms with van der Waals surface area (Å²) in [5.74, 6) is 0. The molecule has 0 spiro atoms. The van der Waals surface area contributed by atoms with E-state index in [1.165, 1.54) is 90.1 Å². The number of likely N-dealkylation sites (tertiary alicyclic amines) is 1. The standard InChI is InChI=1S/C18H34N2O/c19-17(10-6-8-16-9-7-15-21-16)18(11-2-3-12-18)20-13-4-1-5-14-20/h16-17H,1-15,19H2. The molecule has 3 heteroatoms. The van der Waals surface area contributed by atoms with E-state index in [1.807, 2.05) is 0 Å². The van der Waals surface area contributed by atoms with Gasteiger partial charge in [0.15, 0.2) is 0 Å². The summed E-state index contributed by atoms with van der Waals surface area (Å²) >= 11 is 0. The van der Waals surface area contributed by atoms with Crippen molar-refractivity contribution in [3.05, 3.63) is 0 Å². The Morgan fingerprint density at radius 2 is 1.81 bits per heavy atom. The van der Waals surface area contributed by atoms with Gasteiger partial charge in [0, 0.05) is 18.2 Å². The summed E-state index contributed by atoms with van der Waals surface area (Å²) in [7, 11) is 0. The average Bonchev–Trinajstić information content (AvgIpc) is 3.20. The Morgan fingerprint density at radius 1 is 1.05 bits per heavy atom. The van der Waals surface area contributed by atoms with Gasteiger partial charge in [-0.1, -0.05) is 19.3 Å². The Hall–Kier alpha value is -0.120. The number of hydrogen-bond acceptors (Lipinski definition) is 3. The monoisotopic (exact) mass is 294 g/mol. The molecule has 1 aliphatic carbocycles. The normalized spacial score (nSPS) is 31.6. The first-order valence-corrected chi connectivity index (χ1v) is 9.43. The van der Waals surface area contributed by atoms with Crippen molar-refractivity contribution >= 4 is 0 Å². The van der Waals surface area contributed by atoms with Crippen LogP contribution >= 0.6 is 0 Å². The zero-order chi connectivity index (χ0) is 14.5. The minimum atomic E-state index is 0.344. The van der Waals surface area contributed by atoms with Gasteiger partial charge in [-0.3, -0.25) is 4.90 Å². The molecule has 3 fully saturated rings. The summed E-state index contributed by atoms with van der Waals surface area (Å²) in [6.45, 7) is 3.56. The molecule has 2 saturated heterocycles. The third-order valence-corrected chi connectivity index (χ3v) is 6.21. The van der Waals surface area contributed by atoms with E-state index in [9.17, 15) is 0 Å². The highest BCUT2D eigenvalue weighted by Gasteiger charge is 2.44. The molecule has 2 atom stereocenters. The van der Waals surface area contributed by atoms with Crippen LogP contribution in [0.5, 0.6) is 0 Å². The average molecular weight is 294 g/mol. The van der Waals surface area contributed by atoms with Crippen LogP contribution in [-0.4, -0.2) is 42.3 Å². The van der Waals surface area contributed by atoms with Gasteiger partial charge in [-0.05, 0) is 70.9 Å². The summed E-state index contributed by atoms with van der Waals surface area (Å²) in [5.41, 5.74) is 7.09. The Balaban J connectivity index is 1.52. The number of piperidine rings is 1. The molecule has 3 nitrogen and oxygen atoms in total. The van der Waals surface area contributed by atoms with E-state index in [-0.39, 0.29) is 0 Å². The molecule has 0 aromatic rings. The molecule has 0 aromatic heterocycles. The molecule has 122 valence electrons. The largest absolute Gasteiger partial charge is 0.378 e. The minimum Gasteiger partial charge on any atom is -0.378 e. The van der Waals surface area contributed by atoms with Crippen LogP contribution in [-0.2, 0) is 4.74 Å². The van der Waals surface area contributed by atoms with Crippen molar-refractivity contribution < 1.29 is 4.74 Å². The zero-order valence-electron chi connectivity index (χ0n) is 13.7. The fourth-order valence-electron chi connectivity index (χ4n) is 4.95. The molecule has 0 amide bonds. The smallest absolute Gasteiger partial charge is 0.0576 e. The quantitative estimate of drug-likeness (QED) is 0.815. The highest BCUT2D eigenvalue weighted by Crippen LogP contribution is 2.40. The maximum atomic E-state index is 6.75. The second kappa shape index (κ2) is 7.43. The van der Waals surface area contributed by atoms with Gasteiger partial charge in [-0.25, -0.2) is 0 Å². The Kier molecular flexibility index (Phi) is 5.58. The third-order valence-electron chi connectivity index (χ3n) is 6.21. The van der Waals surface area contributed by atoms with Crippen LogP contribution in [0.25, 0.3) is 0 Å². The predicted molar refractivity (Wildman–Crippen MR) is 87.4 cm³/mol. The van der Waals surface area contributed by atoms with Crippen molar-refractivity contribution in [3.8, 4) is 0 Å². The summed E-state index contributed by atoms with van der Waals surface area (Å²) in [6.07, 6.45) is 16.4. The lowest BCUT2D eigenvalue weighted by atomic mass is 9.82. The van der Waals surface area contributed by atoms with Gasteiger partial charge in [0.2, 0.25) is 0 Å². The SMILES string of the molecule is NC(CCCC1CCCO1)C1(N2CCCCC2)CCCC1. The van der Waals surface area contributed by atoms with Crippen LogP contribution < -0.4 is 5.73 Å². The zero-order valence-corrected chi connectivity index (χ0v) is 13.7. The number of hydrogen-bond donors (Lipinski definition) is 1. The van der Waals surface area contributed by atoms with Gasteiger partial charge >= 0.3 is 0 Å².